The van der Waals surface area contributed by atoms with E-state index in [1.54, 1.807) is 11.3 Å². The molecule has 0 radical (unpaired) electrons. The normalized spacial score (nSPS) is 22.8. The van der Waals surface area contributed by atoms with Crippen LogP contribution in [-0.2, 0) is 12.8 Å². The maximum absolute atomic E-state index is 13.2. The van der Waals surface area contributed by atoms with Crippen molar-refractivity contribution in [3.63, 3.8) is 0 Å². The lowest BCUT2D eigenvalue weighted by atomic mass is 9.90. The fourth-order valence-corrected chi connectivity index (χ4v) is 5.65. The molecule has 0 spiro atoms. The molecule has 3 aromatic rings. The maximum atomic E-state index is 13.2. The van der Waals surface area contributed by atoms with Gasteiger partial charge >= 0.3 is 0 Å². The number of nitrogens with zero attached hydrogens (tertiary/aromatic N) is 4. The predicted octanol–water partition coefficient (Wildman–Crippen LogP) is 3.94. The van der Waals surface area contributed by atoms with Crippen LogP contribution in [-0.4, -0.2) is 38.5 Å². The molecule has 1 aliphatic carbocycles. The summed E-state index contributed by atoms with van der Waals surface area (Å²) in [6.45, 7) is 3.87. The molecule has 5 rings (SSSR count). The Hall–Kier alpha value is -2.21. The first-order chi connectivity index (χ1) is 13.2. The maximum Gasteiger partial charge on any atom is 0.263 e. The summed E-state index contributed by atoms with van der Waals surface area (Å²) < 4.78 is 2.06. The zero-order chi connectivity index (χ0) is 18.4. The number of thiophene rings is 1. The number of hydrogen-bond donors (Lipinski definition) is 0. The van der Waals surface area contributed by atoms with Crippen LogP contribution in [0.2, 0.25) is 0 Å². The van der Waals surface area contributed by atoms with Crippen molar-refractivity contribution >= 4 is 22.9 Å². The number of carbonyl (C=O) groups excluding carboxylic acids is 1. The molecule has 27 heavy (non-hydrogen) atoms. The molecule has 3 aromatic heterocycles. The van der Waals surface area contributed by atoms with Gasteiger partial charge in [-0.1, -0.05) is 13.0 Å². The fraction of sp³-hybridized carbons (Fsp3) is 0.476. The molecule has 5 nitrogen and oxygen atoms in total. The van der Waals surface area contributed by atoms with E-state index in [0.717, 1.165) is 61.0 Å². The van der Waals surface area contributed by atoms with Gasteiger partial charge in [0.25, 0.3) is 5.91 Å². The molecule has 4 heterocycles. The Balaban J connectivity index is 1.37. The summed E-state index contributed by atoms with van der Waals surface area (Å²) in [5.41, 5.74) is 2.27. The Morgan fingerprint density at radius 1 is 1.26 bits per heavy atom. The molecule has 2 atom stereocenters. The van der Waals surface area contributed by atoms with E-state index in [4.69, 9.17) is 0 Å². The monoisotopic (exact) mass is 380 g/mol. The fourth-order valence-electron chi connectivity index (χ4n) is 4.48. The highest BCUT2D eigenvalue weighted by molar-refractivity contribution is 7.14. The van der Waals surface area contributed by atoms with Crippen molar-refractivity contribution in [2.24, 2.45) is 5.92 Å². The van der Waals surface area contributed by atoms with Crippen LogP contribution in [0.25, 0.3) is 5.65 Å². The number of hydrogen-bond acceptors (Lipinski definition) is 4. The average Bonchev–Trinajstić information content (AvgIpc) is 3.31. The zero-order valence-electron chi connectivity index (χ0n) is 15.6. The molecule has 0 bridgehead atoms. The largest absolute Gasteiger partial charge is 0.337 e. The number of fused-ring (bicyclic) bond motifs is 2. The summed E-state index contributed by atoms with van der Waals surface area (Å²) in [6, 6.07) is 8.11. The van der Waals surface area contributed by atoms with E-state index in [1.165, 1.54) is 16.9 Å². The lowest BCUT2D eigenvalue weighted by Gasteiger charge is -2.31. The van der Waals surface area contributed by atoms with Gasteiger partial charge in [-0.25, -0.2) is 0 Å². The minimum Gasteiger partial charge on any atom is -0.337 e. The molecule has 1 amide bonds. The number of carbonyl (C=O) groups is 1. The average molecular weight is 381 g/mol. The second-order valence-electron chi connectivity index (χ2n) is 7.98. The molecule has 0 aromatic carbocycles. The minimum absolute atomic E-state index is 0.195. The van der Waals surface area contributed by atoms with Crippen LogP contribution in [0.15, 0.2) is 30.5 Å². The van der Waals surface area contributed by atoms with Gasteiger partial charge in [-0.2, -0.15) is 0 Å². The zero-order valence-corrected chi connectivity index (χ0v) is 16.4. The van der Waals surface area contributed by atoms with Gasteiger partial charge in [-0.05, 0) is 61.8 Å². The third kappa shape index (κ3) is 3.06. The van der Waals surface area contributed by atoms with Gasteiger partial charge in [-0.15, -0.1) is 21.5 Å². The van der Waals surface area contributed by atoms with Crippen molar-refractivity contribution in [1.29, 1.82) is 0 Å². The number of piperidine rings is 1. The number of amides is 1. The van der Waals surface area contributed by atoms with E-state index in [-0.39, 0.29) is 11.8 Å². The standard InChI is InChI=1S/C21H24N4OS/c1-14-7-8-17-16(11-14)12-18(27-17)21(26)24-9-4-5-15(13-24)20-23-22-19-6-2-3-10-25(19)20/h2-3,6,10,12,14-15H,4-5,7-9,11,13H2,1H3. The van der Waals surface area contributed by atoms with Crippen LogP contribution in [0.4, 0.5) is 0 Å². The Kier molecular flexibility index (Phi) is 4.23. The summed E-state index contributed by atoms with van der Waals surface area (Å²) >= 11 is 1.72. The summed E-state index contributed by atoms with van der Waals surface area (Å²) in [6.07, 6.45) is 7.57. The van der Waals surface area contributed by atoms with Gasteiger partial charge in [-0.3, -0.25) is 9.20 Å². The van der Waals surface area contributed by atoms with E-state index in [1.807, 2.05) is 29.3 Å². The summed E-state index contributed by atoms with van der Waals surface area (Å²) in [4.78, 5) is 17.5. The van der Waals surface area contributed by atoms with Crippen molar-refractivity contribution in [3.05, 3.63) is 51.6 Å². The molecular weight excluding hydrogens is 356 g/mol. The highest BCUT2D eigenvalue weighted by atomic mass is 32.1. The number of aromatic nitrogens is 3. The number of likely N-dealkylation sites (tertiary alicyclic amines) is 1. The third-order valence-corrected chi connectivity index (χ3v) is 7.18. The Morgan fingerprint density at radius 3 is 3.11 bits per heavy atom. The van der Waals surface area contributed by atoms with E-state index in [0.29, 0.717) is 0 Å². The molecule has 2 unspecified atom stereocenters. The molecule has 1 aliphatic heterocycles. The van der Waals surface area contributed by atoms with Crippen molar-refractivity contribution in [2.45, 2.75) is 44.9 Å². The van der Waals surface area contributed by atoms with Gasteiger partial charge < -0.3 is 4.90 Å². The molecule has 6 heteroatoms. The lowest BCUT2D eigenvalue weighted by molar-refractivity contribution is 0.0709. The van der Waals surface area contributed by atoms with Crippen LogP contribution in [0, 0.1) is 5.92 Å². The molecule has 0 saturated carbocycles. The first kappa shape index (κ1) is 16.9. The van der Waals surface area contributed by atoms with Crippen LogP contribution < -0.4 is 0 Å². The summed E-state index contributed by atoms with van der Waals surface area (Å²) in [7, 11) is 0. The highest BCUT2D eigenvalue weighted by Gasteiger charge is 2.30. The molecule has 2 aliphatic rings. The second kappa shape index (κ2) is 6.75. The number of pyridine rings is 1. The Morgan fingerprint density at radius 2 is 2.19 bits per heavy atom. The van der Waals surface area contributed by atoms with E-state index in [2.05, 4.69) is 27.6 Å². The van der Waals surface area contributed by atoms with Gasteiger partial charge in [0.15, 0.2) is 5.65 Å². The van der Waals surface area contributed by atoms with Crippen LogP contribution in [0.5, 0.6) is 0 Å². The highest BCUT2D eigenvalue weighted by Crippen LogP contribution is 2.34. The molecule has 1 saturated heterocycles. The first-order valence-corrected chi connectivity index (χ1v) is 10.7. The van der Waals surface area contributed by atoms with Crippen LogP contribution in [0.1, 0.15) is 58.0 Å². The second-order valence-corrected chi connectivity index (χ2v) is 9.12. The lowest BCUT2D eigenvalue weighted by Crippen LogP contribution is -2.39. The Labute approximate surface area is 163 Å². The summed E-state index contributed by atoms with van der Waals surface area (Å²) in [5.74, 6) is 2.15. The SMILES string of the molecule is CC1CCc2sc(C(=O)N3CCCC(c4nnc5ccccn45)C3)cc2C1. The van der Waals surface area contributed by atoms with Gasteiger partial charge in [0, 0.05) is 30.1 Å². The first-order valence-electron chi connectivity index (χ1n) is 9.89. The van der Waals surface area contributed by atoms with E-state index < -0.39 is 0 Å². The molecule has 1 fully saturated rings. The van der Waals surface area contributed by atoms with Crippen LogP contribution in [0.3, 0.4) is 0 Å². The number of rotatable bonds is 2. The van der Waals surface area contributed by atoms with Crippen LogP contribution >= 0.6 is 11.3 Å². The van der Waals surface area contributed by atoms with Crippen molar-refractivity contribution in [3.8, 4) is 0 Å². The van der Waals surface area contributed by atoms with E-state index in [9.17, 15) is 4.79 Å². The molecule has 0 N–H and O–H groups in total. The minimum atomic E-state index is 0.195. The van der Waals surface area contributed by atoms with Crippen molar-refractivity contribution in [2.75, 3.05) is 13.1 Å². The number of aryl methyl sites for hydroxylation is 1. The topological polar surface area (TPSA) is 50.5 Å². The van der Waals surface area contributed by atoms with Gasteiger partial charge in [0.05, 0.1) is 4.88 Å². The predicted molar refractivity (Wildman–Crippen MR) is 106 cm³/mol. The van der Waals surface area contributed by atoms with Gasteiger partial charge in [0.1, 0.15) is 5.82 Å². The van der Waals surface area contributed by atoms with Crippen molar-refractivity contribution < 1.29 is 4.79 Å². The van der Waals surface area contributed by atoms with Crippen molar-refractivity contribution in [1.82, 2.24) is 19.5 Å². The van der Waals surface area contributed by atoms with Gasteiger partial charge in [0.2, 0.25) is 0 Å². The van der Waals surface area contributed by atoms with E-state index >= 15 is 0 Å². The smallest absolute Gasteiger partial charge is 0.263 e. The molecule has 140 valence electrons. The molecular formula is C21H24N4OS. The Bertz CT molecular complexity index is 991. The quantitative estimate of drug-likeness (QED) is 0.677. The third-order valence-electron chi connectivity index (χ3n) is 5.95. The summed E-state index contributed by atoms with van der Waals surface area (Å²) in [5, 5.41) is 8.71.